The van der Waals surface area contributed by atoms with Crippen LogP contribution in [0.1, 0.15) is 88.2 Å². The maximum atomic E-state index is 12.3. The normalized spacial score (nSPS) is 18.0. The first-order valence-corrected chi connectivity index (χ1v) is 19.3. The molecule has 0 bridgehead atoms. The van der Waals surface area contributed by atoms with Crippen LogP contribution < -0.4 is 0 Å². The van der Waals surface area contributed by atoms with E-state index in [0.29, 0.717) is 70.9 Å². The first-order valence-electron chi connectivity index (χ1n) is 19.3. The molecular weight excluding hydrogens is 697 g/mol. The van der Waals surface area contributed by atoms with Crippen molar-refractivity contribution in [1.82, 2.24) is 9.80 Å². The molecule has 2 aromatic rings. The number of esters is 1. The van der Waals surface area contributed by atoms with E-state index in [1.54, 1.807) is 22.0 Å². The van der Waals surface area contributed by atoms with Gasteiger partial charge in [-0.05, 0) is 49.7 Å². The Labute approximate surface area is 326 Å². The van der Waals surface area contributed by atoms with Gasteiger partial charge in [0.1, 0.15) is 0 Å². The summed E-state index contributed by atoms with van der Waals surface area (Å²) in [6.45, 7) is 0.719. The lowest BCUT2D eigenvalue weighted by Crippen LogP contribution is -2.42. The predicted molar refractivity (Wildman–Crippen MR) is 212 cm³/mol. The highest BCUT2D eigenvalue weighted by Crippen LogP contribution is 2.21. The molecule has 2 aliphatic rings. The van der Waals surface area contributed by atoms with Crippen LogP contribution in [0.15, 0.2) is 85.0 Å². The van der Waals surface area contributed by atoms with Gasteiger partial charge in [0.15, 0.2) is 0 Å². The number of hydrogen-bond donors (Lipinski definition) is 3. The Morgan fingerprint density at radius 1 is 0.727 bits per heavy atom. The quantitative estimate of drug-likeness (QED) is 0.0863. The van der Waals surface area contributed by atoms with Crippen LogP contribution in [0.4, 0.5) is 0 Å². The smallest absolute Gasteiger partial charge is 0.305 e. The molecule has 2 fully saturated rings. The zero-order valence-corrected chi connectivity index (χ0v) is 32.0. The topological polar surface area (TPSA) is 145 Å². The number of benzene rings is 2. The lowest BCUT2D eigenvalue weighted by Gasteiger charge is -2.32. The van der Waals surface area contributed by atoms with Gasteiger partial charge in [0.2, 0.25) is 11.8 Å². The van der Waals surface area contributed by atoms with Crippen molar-refractivity contribution in [1.29, 1.82) is 0 Å². The Bertz CT molecular complexity index is 1670. The van der Waals surface area contributed by atoms with Crippen LogP contribution >= 0.6 is 0 Å². The van der Waals surface area contributed by atoms with Crippen LogP contribution in [0.25, 0.3) is 0 Å². The third kappa shape index (κ3) is 18.1. The van der Waals surface area contributed by atoms with E-state index < -0.39 is 18.2 Å². The summed E-state index contributed by atoms with van der Waals surface area (Å²) in [7, 11) is 1.38. The second-order valence-corrected chi connectivity index (χ2v) is 13.6. The zero-order valence-electron chi connectivity index (χ0n) is 32.0. The first kappa shape index (κ1) is 44.2. The second kappa shape index (κ2) is 25.8. The van der Waals surface area contributed by atoms with Gasteiger partial charge in [0.25, 0.3) is 0 Å². The number of methoxy groups -OCH3 is 1. The van der Waals surface area contributed by atoms with Gasteiger partial charge >= 0.3 is 11.9 Å². The average Bonchev–Trinajstić information content (AvgIpc) is 3.18. The lowest BCUT2D eigenvalue weighted by molar-refractivity contribution is -0.141. The van der Waals surface area contributed by atoms with Crippen molar-refractivity contribution in [2.75, 3.05) is 20.2 Å². The third-order valence-electron chi connectivity index (χ3n) is 9.26. The molecule has 0 spiro atoms. The molecule has 2 amide bonds. The number of nitrogens with zero attached hydrogens (tertiary/aromatic N) is 2. The van der Waals surface area contributed by atoms with Crippen molar-refractivity contribution >= 4 is 23.8 Å². The number of rotatable bonds is 16. The number of aliphatic carboxylic acids is 1. The summed E-state index contributed by atoms with van der Waals surface area (Å²) >= 11 is 0. The molecular formula is C45H56N2O8. The van der Waals surface area contributed by atoms with Crippen molar-refractivity contribution in [3.8, 4) is 23.7 Å². The molecule has 0 saturated carbocycles. The summed E-state index contributed by atoms with van der Waals surface area (Å²) in [5.41, 5.74) is 2.15. The fraction of sp³-hybridized carbons (Fsp3) is 0.467. The zero-order chi connectivity index (χ0) is 39.7. The number of unbranched alkanes of at least 4 members (excludes halogenated alkanes) is 2. The van der Waals surface area contributed by atoms with E-state index >= 15 is 0 Å². The van der Waals surface area contributed by atoms with E-state index in [1.165, 1.54) is 7.11 Å². The summed E-state index contributed by atoms with van der Waals surface area (Å²) < 4.78 is 4.60. The highest BCUT2D eigenvalue weighted by molar-refractivity contribution is 5.78. The van der Waals surface area contributed by atoms with Crippen LogP contribution in [0, 0.1) is 23.7 Å². The van der Waals surface area contributed by atoms with Crippen molar-refractivity contribution in [3.05, 3.63) is 96.1 Å². The average molecular weight is 753 g/mol. The number of carboxylic acids is 1. The number of carbonyl (C=O) groups is 4. The Morgan fingerprint density at radius 2 is 1.16 bits per heavy atom. The predicted octanol–water partition coefficient (Wildman–Crippen LogP) is 5.66. The molecule has 4 atom stereocenters. The van der Waals surface area contributed by atoms with Crippen molar-refractivity contribution in [2.24, 2.45) is 0 Å². The number of hydrogen-bond acceptors (Lipinski definition) is 7. The summed E-state index contributed by atoms with van der Waals surface area (Å²) in [6, 6.07) is 19.6. The van der Waals surface area contributed by atoms with Crippen LogP contribution in [-0.4, -0.2) is 93.4 Å². The Kier molecular flexibility index (Phi) is 20.7. The molecule has 4 rings (SSSR count). The third-order valence-corrected chi connectivity index (χ3v) is 9.26. The monoisotopic (exact) mass is 752 g/mol. The van der Waals surface area contributed by atoms with Crippen LogP contribution in [0.3, 0.4) is 0 Å². The van der Waals surface area contributed by atoms with Gasteiger partial charge in [-0.3, -0.25) is 19.2 Å². The number of ether oxygens (including phenoxy) is 1. The minimum atomic E-state index is -0.817. The summed E-state index contributed by atoms with van der Waals surface area (Å²) in [5, 5.41) is 29.1. The van der Waals surface area contributed by atoms with Crippen molar-refractivity contribution < 1.29 is 39.2 Å². The van der Waals surface area contributed by atoms with Gasteiger partial charge < -0.3 is 29.9 Å². The van der Waals surface area contributed by atoms with Gasteiger partial charge in [-0.15, -0.1) is 11.8 Å². The van der Waals surface area contributed by atoms with Gasteiger partial charge in [0, 0.05) is 51.4 Å². The maximum Gasteiger partial charge on any atom is 0.305 e. The minimum absolute atomic E-state index is 0.0314. The molecule has 0 radical (unpaired) electrons. The number of aliphatic hydroxyl groups excluding tert-OH is 2. The highest BCUT2D eigenvalue weighted by atomic mass is 16.5. The molecule has 0 aliphatic carbocycles. The van der Waals surface area contributed by atoms with E-state index in [1.807, 2.05) is 72.8 Å². The second-order valence-electron chi connectivity index (χ2n) is 13.6. The maximum absolute atomic E-state index is 12.3. The Balaban J connectivity index is 0.000000296. The van der Waals surface area contributed by atoms with E-state index in [-0.39, 0.29) is 36.3 Å². The SMILES string of the molecule is COC(=O)CCCC#CCN1C(=O)CCCC1/C=C/[C@H](O)Cc1ccccc1.O=C(O)CCCC#CCN1C(=O)CCCC1/C=C/[C@H](O)Cc1ccccc1. The Hall–Kier alpha value is -5.16. The molecule has 2 aliphatic heterocycles. The number of likely N-dealkylation sites (tertiary alicyclic amines) is 2. The van der Waals surface area contributed by atoms with E-state index in [4.69, 9.17) is 5.11 Å². The van der Waals surface area contributed by atoms with Crippen LogP contribution in [-0.2, 0) is 36.8 Å². The number of amides is 2. The highest BCUT2D eigenvalue weighted by Gasteiger charge is 2.26. The van der Waals surface area contributed by atoms with Crippen LogP contribution in [0.2, 0.25) is 0 Å². The lowest BCUT2D eigenvalue weighted by atomic mass is 9.99. The minimum Gasteiger partial charge on any atom is -0.481 e. The van der Waals surface area contributed by atoms with E-state index in [2.05, 4.69) is 28.4 Å². The van der Waals surface area contributed by atoms with Crippen LogP contribution in [0.5, 0.6) is 0 Å². The summed E-state index contributed by atoms with van der Waals surface area (Å²) in [5.74, 6) is 11.1. The molecule has 0 aromatic heterocycles. The molecule has 2 heterocycles. The standard InChI is InChI=1S/C23H29NO4.C22H27NO4/c1-28-23(27)14-7-2-3-8-17-24-20(12-9-13-22(24)26)15-16-21(25)18-19-10-5-4-6-11-19;24-20(17-18-9-4-3-5-10-18)15-14-19-11-8-12-21(25)23(19)16-7-2-1-6-13-22(26)27/h4-6,10-11,15-16,20-21,25H,2,7,9,12-14,17-18H2,1H3;3-5,9-10,14-15,19-20,24H,1,6,8,11-13,16-17H2,(H,26,27)/b16-15+;15-14+/t20?,21-;19?,20-/m00/s1. The fourth-order valence-electron chi connectivity index (χ4n) is 6.28. The number of piperidine rings is 2. The fourth-order valence-corrected chi connectivity index (χ4v) is 6.28. The summed E-state index contributed by atoms with van der Waals surface area (Å²) in [6.07, 6.45) is 14.6. The van der Waals surface area contributed by atoms with Crippen molar-refractivity contribution in [2.45, 2.75) is 114 Å². The van der Waals surface area contributed by atoms with Gasteiger partial charge in [-0.25, -0.2) is 0 Å². The Morgan fingerprint density at radius 3 is 1.58 bits per heavy atom. The van der Waals surface area contributed by atoms with E-state index in [0.717, 1.165) is 36.8 Å². The van der Waals surface area contributed by atoms with Gasteiger partial charge in [-0.1, -0.05) is 96.8 Å². The van der Waals surface area contributed by atoms with Crippen molar-refractivity contribution in [3.63, 3.8) is 0 Å². The first-order chi connectivity index (χ1) is 26.7. The molecule has 3 N–H and O–H groups in total. The largest absolute Gasteiger partial charge is 0.481 e. The molecule has 10 nitrogen and oxygen atoms in total. The molecule has 2 unspecified atom stereocenters. The number of carbonyl (C=O) groups excluding carboxylic acids is 3. The molecule has 55 heavy (non-hydrogen) atoms. The summed E-state index contributed by atoms with van der Waals surface area (Å²) in [4.78, 5) is 49.6. The van der Waals surface area contributed by atoms with Gasteiger partial charge in [-0.2, -0.15) is 0 Å². The number of aliphatic hydroxyl groups is 2. The molecule has 2 saturated heterocycles. The molecule has 10 heteroatoms. The molecule has 2 aromatic carbocycles. The van der Waals surface area contributed by atoms with Gasteiger partial charge in [0.05, 0.1) is 44.5 Å². The number of carboxylic acid groups (broad SMARTS) is 1. The van der Waals surface area contributed by atoms with E-state index in [9.17, 15) is 29.4 Å². The molecule has 294 valence electrons.